The van der Waals surface area contributed by atoms with E-state index in [1.165, 1.54) is 19.3 Å². The van der Waals surface area contributed by atoms with Gasteiger partial charge in [0, 0.05) is 42.0 Å². The fraction of sp³-hybridized carbons (Fsp3) is 0.621. The molecule has 2 heterocycles. The second-order valence-corrected chi connectivity index (χ2v) is 10.3. The van der Waals surface area contributed by atoms with Gasteiger partial charge in [-0.15, -0.1) is 0 Å². The van der Waals surface area contributed by atoms with Gasteiger partial charge in [0.1, 0.15) is 5.58 Å². The van der Waals surface area contributed by atoms with Crippen LogP contribution in [0.5, 0.6) is 0 Å². The molecule has 1 aromatic carbocycles. The zero-order valence-corrected chi connectivity index (χ0v) is 21.6. The lowest BCUT2D eigenvalue weighted by Gasteiger charge is -2.37. The lowest BCUT2D eigenvalue weighted by Crippen LogP contribution is -2.43. The third-order valence-corrected chi connectivity index (χ3v) is 8.07. The summed E-state index contributed by atoms with van der Waals surface area (Å²) >= 11 is 0. The maximum Gasteiger partial charge on any atom is 0.286 e. The zero-order chi connectivity index (χ0) is 25.6. The molecule has 0 spiro atoms. The van der Waals surface area contributed by atoms with Gasteiger partial charge < -0.3 is 33.8 Å². The Hall–Kier alpha value is -2.39. The number of benzene rings is 1. The number of amides is 1. The van der Waals surface area contributed by atoms with Gasteiger partial charge in [-0.05, 0) is 56.6 Å². The van der Waals surface area contributed by atoms with Crippen molar-refractivity contribution in [1.82, 2.24) is 5.32 Å². The molecule has 37 heavy (non-hydrogen) atoms. The Labute approximate surface area is 218 Å². The maximum absolute atomic E-state index is 13.4. The first-order chi connectivity index (χ1) is 18.2. The summed E-state index contributed by atoms with van der Waals surface area (Å²) in [6.07, 6.45) is 8.62. The maximum atomic E-state index is 13.4. The van der Waals surface area contributed by atoms with E-state index in [1.54, 1.807) is 6.26 Å². The molecule has 5 rings (SSSR count). The zero-order valence-electron chi connectivity index (χ0n) is 21.6. The number of aliphatic hydroxyl groups is 1. The largest absolute Gasteiger partial charge is 0.464 e. The molecule has 2 saturated carbocycles. The average molecular weight is 514 g/mol. The van der Waals surface area contributed by atoms with E-state index in [4.69, 9.17) is 28.5 Å². The van der Waals surface area contributed by atoms with Crippen molar-refractivity contribution in [2.75, 3.05) is 39.6 Å². The topological polar surface area (TPSA) is 99.4 Å². The Morgan fingerprint density at radius 2 is 1.95 bits per heavy atom. The predicted octanol–water partition coefficient (Wildman–Crippen LogP) is 4.13. The van der Waals surface area contributed by atoms with Crippen molar-refractivity contribution in [3.8, 4) is 0 Å². The van der Waals surface area contributed by atoms with Crippen LogP contribution < -0.4 is 5.32 Å². The van der Waals surface area contributed by atoms with Gasteiger partial charge in [0.05, 0.1) is 32.7 Å². The monoisotopic (exact) mass is 513 g/mol. The Bertz CT molecular complexity index is 1070. The molecule has 2 N–H and O–H groups in total. The van der Waals surface area contributed by atoms with Crippen LogP contribution in [0.15, 0.2) is 46.8 Å². The van der Waals surface area contributed by atoms with E-state index in [-0.39, 0.29) is 30.4 Å². The minimum absolute atomic E-state index is 0.0000157. The summed E-state index contributed by atoms with van der Waals surface area (Å²) in [6, 6.07) is 8.19. The number of furan rings is 1. The van der Waals surface area contributed by atoms with Crippen LogP contribution in [0.4, 0.5) is 0 Å². The lowest BCUT2D eigenvalue weighted by atomic mass is 9.81. The summed E-state index contributed by atoms with van der Waals surface area (Å²) < 4.78 is 29.3. The number of carbonyl (C=O) groups is 1. The number of carbonyl (C=O) groups excluding carboxylic acids is 1. The SMILES string of the molecule is CCO[C@@H]1OC(C(=O)NC2CC3CCC2C3)=C[C@H](c2coc3ccccc23)[C@H]1CCOCCOCCO. The van der Waals surface area contributed by atoms with E-state index in [0.29, 0.717) is 51.1 Å². The van der Waals surface area contributed by atoms with Crippen LogP contribution in [0.1, 0.15) is 50.5 Å². The van der Waals surface area contributed by atoms with Gasteiger partial charge in [0.25, 0.3) is 5.91 Å². The molecule has 202 valence electrons. The van der Waals surface area contributed by atoms with Crippen molar-refractivity contribution in [3.63, 3.8) is 0 Å². The average Bonchev–Trinajstić information content (AvgIpc) is 3.65. The van der Waals surface area contributed by atoms with Crippen LogP contribution in [-0.4, -0.2) is 63.0 Å². The second kappa shape index (κ2) is 12.4. The summed E-state index contributed by atoms with van der Waals surface area (Å²) in [6.45, 7) is 4.08. The molecule has 2 aliphatic carbocycles. The molecule has 2 aromatic rings. The molecule has 6 atom stereocenters. The van der Waals surface area contributed by atoms with Crippen LogP contribution in [0.2, 0.25) is 0 Å². The van der Waals surface area contributed by atoms with Crippen molar-refractivity contribution < 1.29 is 33.3 Å². The molecule has 1 aromatic heterocycles. The Kier molecular flexibility index (Phi) is 8.81. The highest BCUT2D eigenvalue weighted by atomic mass is 16.7. The van der Waals surface area contributed by atoms with Gasteiger partial charge in [-0.2, -0.15) is 0 Å². The highest BCUT2D eigenvalue weighted by Gasteiger charge is 2.43. The summed E-state index contributed by atoms with van der Waals surface area (Å²) in [7, 11) is 0. The summed E-state index contributed by atoms with van der Waals surface area (Å²) in [4.78, 5) is 13.4. The number of hydrogen-bond donors (Lipinski definition) is 2. The molecule has 1 aliphatic heterocycles. The summed E-state index contributed by atoms with van der Waals surface area (Å²) in [5.74, 6) is 1.29. The Balaban J connectivity index is 1.35. The summed E-state index contributed by atoms with van der Waals surface area (Å²) in [5.41, 5.74) is 1.83. The van der Waals surface area contributed by atoms with Crippen LogP contribution in [-0.2, 0) is 23.7 Å². The molecule has 3 aliphatic rings. The predicted molar refractivity (Wildman–Crippen MR) is 138 cm³/mol. The van der Waals surface area contributed by atoms with Gasteiger partial charge >= 0.3 is 0 Å². The normalized spacial score (nSPS) is 28.9. The molecule has 0 saturated heterocycles. The highest BCUT2D eigenvalue weighted by Crippen LogP contribution is 2.45. The minimum Gasteiger partial charge on any atom is -0.464 e. The fourth-order valence-electron chi connectivity index (χ4n) is 6.32. The molecule has 8 nitrogen and oxygen atoms in total. The van der Waals surface area contributed by atoms with E-state index in [9.17, 15) is 4.79 Å². The molecule has 0 radical (unpaired) electrons. The first-order valence-electron chi connectivity index (χ1n) is 13.7. The van der Waals surface area contributed by atoms with Crippen LogP contribution >= 0.6 is 0 Å². The smallest absolute Gasteiger partial charge is 0.286 e. The number of rotatable bonds is 13. The molecule has 8 heteroatoms. The molecule has 1 amide bonds. The molecule has 3 unspecified atom stereocenters. The number of allylic oxidation sites excluding steroid dienone is 1. The van der Waals surface area contributed by atoms with E-state index in [0.717, 1.165) is 28.9 Å². The molecule has 2 fully saturated rings. The van der Waals surface area contributed by atoms with Gasteiger partial charge in [-0.25, -0.2) is 0 Å². The standard InChI is InChI=1S/C29H39NO7/c1-2-35-29-22(9-11-33-13-14-34-12-10-31)23(24-18-36-26-6-4-3-5-21(24)26)17-27(37-29)28(32)30-25-16-19-7-8-20(25)15-19/h3-6,17-20,22-23,25,29,31H,2,7-16H2,1H3,(H,30,32)/t19?,20?,22-,23+,25?,29-/m1/s1. The van der Waals surface area contributed by atoms with E-state index >= 15 is 0 Å². The minimum atomic E-state index is -0.580. The number of nitrogens with one attached hydrogen (secondary N) is 1. The third-order valence-electron chi connectivity index (χ3n) is 8.07. The third kappa shape index (κ3) is 6.03. The van der Waals surface area contributed by atoms with Crippen molar-refractivity contribution >= 4 is 16.9 Å². The number of fused-ring (bicyclic) bond motifs is 3. The Morgan fingerprint density at radius 1 is 1.11 bits per heavy atom. The first kappa shape index (κ1) is 26.2. The van der Waals surface area contributed by atoms with Crippen molar-refractivity contribution in [3.05, 3.63) is 47.9 Å². The van der Waals surface area contributed by atoms with E-state index in [2.05, 4.69) is 5.32 Å². The second-order valence-electron chi connectivity index (χ2n) is 10.3. The van der Waals surface area contributed by atoms with Crippen molar-refractivity contribution in [2.24, 2.45) is 17.8 Å². The van der Waals surface area contributed by atoms with E-state index in [1.807, 2.05) is 37.3 Å². The number of hydrogen-bond acceptors (Lipinski definition) is 7. The fourth-order valence-corrected chi connectivity index (χ4v) is 6.32. The number of para-hydroxylation sites is 1. The highest BCUT2D eigenvalue weighted by molar-refractivity contribution is 5.92. The van der Waals surface area contributed by atoms with Crippen LogP contribution in [0.3, 0.4) is 0 Å². The molecular weight excluding hydrogens is 474 g/mol. The molecular formula is C29H39NO7. The Morgan fingerprint density at radius 3 is 2.70 bits per heavy atom. The number of aliphatic hydroxyl groups excluding tert-OH is 1. The van der Waals surface area contributed by atoms with Crippen molar-refractivity contribution in [1.29, 1.82) is 0 Å². The lowest BCUT2D eigenvalue weighted by molar-refractivity contribution is -0.168. The first-order valence-corrected chi connectivity index (χ1v) is 13.7. The van der Waals surface area contributed by atoms with Crippen LogP contribution in [0, 0.1) is 17.8 Å². The van der Waals surface area contributed by atoms with E-state index < -0.39 is 6.29 Å². The van der Waals surface area contributed by atoms with Gasteiger partial charge in [-0.3, -0.25) is 4.79 Å². The van der Waals surface area contributed by atoms with Gasteiger partial charge in [0.2, 0.25) is 6.29 Å². The van der Waals surface area contributed by atoms with Crippen molar-refractivity contribution in [2.45, 2.75) is 57.3 Å². The quantitative estimate of drug-likeness (QED) is 0.389. The van der Waals surface area contributed by atoms with Gasteiger partial charge in [0.15, 0.2) is 5.76 Å². The molecule has 2 bridgehead atoms. The van der Waals surface area contributed by atoms with Gasteiger partial charge in [-0.1, -0.05) is 24.6 Å². The van der Waals surface area contributed by atoms with Crippen LogP contribution in [0.25, 0.3) is 11.0 Å². The number of ether oxygens (including phenoxy) is 4. The summed E-state index contributed by atoms with van der Waals surface area (Å²) in [5, 5.41) is 13.1.